The fourth-order valence-corrected chi connectivity index (χ4v) is 1.12. The molecule has 4 heteroatoms. The van der Waals surface area contributed by atoms with Crippen molar-refractivity contribution in [1.29, 1.82) is 0 Å². The SMILES string of the molecule is C=COC(=O)CCc1ccc(O)c(O)c1. The largest absolute Gasteiger partial charge is 0.504 e. The van der Waals surface area contributed by atoms with Crippen LogP contribution in [-0.2, 0) is 16.0 Å². The Morgan fingerprint density at radius 2 is 2.13 bits per heavy atom. The van der Waals surface area contributed by atoms with Gasteiger partial charge in [-0.3, -0.25) is 4.79 Å². The van der Waals surface area contributed by atoms with Crippen molar-refractivity contribution in [1.82, 2.24) is 0 Å². The standard InChI is InChI=1S/C11H12O4/c1-2-15-11(14)6-4-8-3-5-9(12)10(13)7-8/h2-3,5,7,12-13H,1,4,6H2. The number of rotatable bonds is 4. The first-order chi connectivity index (χ1) is 7.13. The van der Waals surface area contributed by atoms with Gasteiger partial charge in [0, 0.05) is 6.42 Å². The number of esters is 1. The van der Waals surface area contributed by atoms with E-state index in [1.54, 1.807) is 6.07 Å². The highest BCUT2D eigenvalue weighted by atomic mass is 16.5. The first kappa shape index (κ1) is 11.1. The number of aryl methyl sites for hydroxylation is 1. The van der Waals surface area contributed by atoms with Gasteiger partial charge in [0.2, 0.25) is 0 Å². The van der Waals surface area contributed by atoms with Crippen molar-refractivity contribution < 1.29 is 19.7 Å². The third-order valence-corrected chi connectivity index (χ3v) is 1.87. The molecule has 80 valence electrons. The molecule has 1 aromatic rings. The summed E-state index contributed by atoms with van der Waals surface area (Å²) in [5, 5.41) is 18.2. The molecule has 4 nitrogen and oxygen atoms in total. The maximum atomic E-state index is 11.0. The predicted molar refractivity (Wildman–Crippen MR) is 54.4 cm³/mol. The summed E-state index contributed by atoms with van der Waals surface area (Å²) in [5.74, 6) is -0.741. The van der Waals surface area contributed by atoms with E-state index < -0.39 is 0 Å². The van der Waals surface area contributed by atoms with Crippen LogP contribution >= 0.6 is 0 Å². The number of ether oxygens (including phenoxy) is 1. The maximum Gasteiger partial charge on any atom is 0.310 e. The molecule has 1 aromatic carbocycles. The van der Waals surface area contributed by atoms with E-state index in [0.717, 1.165) is 11.8 Å². The van der Waals surface area contributed by atoms with Gasteiger partial charge in [0.05, 0.1) is 6.26 Å². The van der Waals surface area contributed by atoms with E-state index >= 15 is 0 Å². The summed E-state index contributed by atoms with van der Waals surface area (Å²) in [6.07, 6.45) is 1.73. The van der Waals surface area contributed by atoms with Crippen molar-refractivity contribution in [2.24, 2.45) is 0 Å². The van der Waals surface area contributed by atoms with Gasteiger partial charge in [0.25, 0.3) is 0 Å². The zero-order chi connectivity index (χ0) is 11.3. The van der Waals surface area contributed by atoms with Gasteiger partial charge in [-0.2, -0.15) is 0 Å². The summed E-state index contributed by atoms with van der Waals surface area (Å²) in [6.45, 7) is 3.27. The normalized spacial score (nSPS) is 9.60. The number of hydrogen-bond donors (Lipinski definition) is 2. The quantitative estimate of drug-likeness (QED) is 0.449. The lowest BCUT2D eigenvalue weighted by Gasteiger charge is -2.02. The van der Waals surface area contributed by atoms with Gasteiger partial charge >= 0.3 is 5.97 Å². The summed E-state index contributed by atoms with van der Waals surface area (Å²) in [6, 6.07) is 4.43. The van der Waals surface area contributed by atoms with Crippen LogP contribution in [0.5, 0.6) is 11.5 Å². The molecule has 15 heavy (non-hydrogen) atoms. The molecular formula is C11H12O4. The molecule has 0 unspecified atom stereocenters. The van der Waals surface area contributed by atoms with Crippen LogP contribution in [0, 0.1) is 0 Å². The van der Waals surface area contributed by atoms with Gasteiger partial charge in [0.15, 0.2) is 11.5 Å². The first-order valence-electron chi connectivity index (χ1n) is 4.44. The number of phenolic OH excluding ortho intramolecular Hbond substituents is 2. The van der Waals surface area contributed by atoms with Gasteiger partial charge in [0.1, 0.15) is 0 Å². The Bertz CT molecular complexity index is 371. The number of benzene rings is 1. The second-order valence-corrected chi connectivity index (χ2v) is 2.98. The molecule has 0 aliphatic rings. The highest BCUT2D eigenvalue weighted by molar-refractivity contribution is 5.70. The number of aromatic hydroxyl groups is 2. The highest BCUT2D eigenvalue weighted by Crippen LogP contribution is 2.25. The molecule has 0 atom stereocenters. The van der Waals surface area contributed by atoms with E-state index in [1.807, 2.05) is 0 Å². The number of phenols is 2. The summed E-state index contributed by atoms with van der Waals surface area (Å²) >= 11 is 0. The Kier molecular flexibility index (Phi) is 3.74. The fraction of sp³-hybridized carbons (Fsp3) is 0.182. The van der Waals surface area contributed by atoms with Crippen LogP contribution in [0.4, 0.5) is 0 Å². The highest BCUT2D eigenvalue weighted by Gasteiger charge is 2.04. The van der Waals surface area contributed by atoms with Crippen LogP contribution in [0.1, 0.15) is 12.0 Å². The van der Waals surface area contributed by atoms with Crippen molar-refractivity contribution in [2.45, 2.75) is 12.8 Å². The molecule has 0 spiro atoms. The molecular weight excluding hydrogens is 196 g/mol. The molecule has 0 saturated heterocycles. The van der Waals surface area contributed by atoms with E-state index in [1.165, 1.54) is 12.1 Å². The summed E-state index contributed by atoms with van der Waals surface area (Å²) < 4.78 is 4.53. The van der Waals surface area contributed by atoms with E-state index in [9.17, 15) is 9.90 Å². The third-order valence-electron chi connectivity index (χ3n) is 1.87. The third kappa shape index (κ3) is 3.34. The fourth-order valence-electron chi connectivity index (χ4n) is 1.12. The Morgan fingerprint density at radius 1 is 1.40 bits per heavy atom. The zero-order valence-corrected chi connectivity index (χ0v) is 8.14. The Hall–Kier alpha value is -1.97. The topological polar surface area (TPSA) is 66.8 Å². The molecule has 0 aliphatic heterocycles. The number of carbonyl (C=O) groups is 1. The van der Waals surface area contributed by atoms with Crippen LogP contribution in [-0.4, -0.2) is 16.2 Å². The van der Waals surface area contributed by atoms with E-state index in [2.05, 4.69) is 11.3 Å². The van der Waals surface area contributed by atoms with E-state index in [0.29, 0.717) is 6.42 Å². The first-order valence-corrected chi connectivity index (χ1v) is 4.44. The molecule has 0 aliphatic carbocycles. The molecule has 0 heterocycles. The minimum absolute atomic E-state index is 0.174. The Morgan fingerprint density at radius 3 is 2.73 bits per heavy atom. The second kappa shape index (κ2) is 5.05. The average Bonchev–Trinajstić information content (AvgIpc) is 2.20. The van der Waals surface area contributed by atoms with Crippen molar-refractivity contribution in [3.8, 4) is 11.5 Å². The van der Waals surface area contributed by atoms with Crippen molar-refractivity contribution in [3.63, 3.8) is 0 Å². The van der Waals surface area contributed by atoms with Crippen LogP contribution in [0.2, 0.25) is 0 Å². The lowest BCUT2D eigenvalue weighted by molar-refractivity contribution is -0.137. The van der Waals surface area contributed by atoms with Crippen molar-refractivity contribution >= 4 is 5.97 Å². The maximum absolute atomic E-state index is 11.0. The van der Waals surface area contributed by atoms with Gasteiger partial charge in [-0.25, -0.2) is 0 Å². The summed E-state index contributed by atoms with van der Waals surface area (Å²) in [5.41, 5.74) is 0.756. The molecule has 0 bridgehead atoms. The van der Waals surface area contributed by atoms with Gasteiger partial charge < -0.3 is 14.9 Å². The van der Waals surface area contributed by atoms with Crippen molar-refractivity contribution in [3.05, 3.63) is 36.6 Å². The van der Waals surface area contributed by atoms with E-state index in [-0.39, 0.29) is 23.9 Å². The molecule has 0 amide bonds. The summed E-state index contributed by atoms with van der Waals surface area (Å²) in [4.78, 5) is 11.0. The van der Waals surface area contributed by atoms with Gasteiger partial charge in [-0.1, -0.05) is 12.6 Å². The summed E-state index contributed by atoms with van der Waals surface area (Å²) in [7, 11) is 0. The van der Waals surface area contributed by atoms with Gasteiger partial charge in [-0.15, -0.1) is 0 Å². The lowest BCUT2D eigenvalue weighted by atomic mass is 10.1. The van der Waals surface area contributed by atoms with Crippen molar-refractivity contribution in [2.75, 3.05) is 0 Å². The van der Waals surface area contributed by atoms with Crippen LogP contribution in [0.15, 0.2) is 31.0 Å². The Balaban J connectivity index is 2.54. The predicted octanol–water partition coefficient (Wildman–Crippen LogP) is 1.72. The molecule has 0 fully saturated rings. The second-order valence-electron chi connectivity index (χ2n) is 2.98. The molecule has 0 saturated carbocycles. The number of hydrogen-bond acceptors (Lipinski definition) is 4. The molecule has 0 aromatic heterocycles. The average molecular weight is 208 g/mol. The van der Waals surface area contributed by atoms with Crippen LogP contribution in [0.25, 0.3) is 0 Å². The Labute approximate surface area is 87.4 Å². The minimum Gasteiger partial charge on any atom is -0.504 e. The molecule has 0 radical (unpaired) electrons. The van der Waals surface area contributed by atoms with Crippen LogP contribution < -0.4 is 0 Å². The smallest absolute Gasteiger partial charge is 0.310 e. The van der Waals surface area contributed by atoms with E-state index in [4.69, 9.17) is 5.11 Å². The number of carbonyl (C=O) groups excluding carboxylic acids is 1. The van der Waals surface area contributed by atoms with Crippen LogP contribution in [0.3, 0.4) is 0 Å². The molecule has 2 N–H and O–H groups in total. The van der Waals surface area contributed by atoms with Gasteiger partial charge in [-0.05, 0) is 24.1 Å². The lowest BCUT2D eigenvalue weighted by Crippen LogP contribution is -2.01. The molecule has 1 rings (SSSR count). The minimum atomic E-state index is -0.377. The zero-order valence-electron chi connectivity index (χ0n) is 8.14. The monoisotopic (exact) mass is 208 g/mol.